The van der Waals surface area contributed by atoms with Crippen LogP contribution in [0, 0.1) is 0 Å². The highest BCUT2D eigenvalue weighted by Crippen LogP contribution is 2.23. The van der Waals surface area contributed by atoms with Crippen LogP contribution in [0.1, 0.15) is 23.2 Å². The Morgan fingerprint density at radius 1 is 1.09 bits per heavy atom. The lowest BCUT2D eigenvalue weighted by atomic mass is 9.90. The zero-order valence-corrected chi connectivity index (χ0v) is 12.7. The summed E-state index contributed by atoms with van der Waals surface area (Å²) < 4.78 is 1.93. The maximum Gasteiger partial charge on any atom is 0.253 e. The summed E-state index contributed by atoms with van der Waals surface area (Å²) in [6.07, 6.45) is 4.17. The van der Waals surface area contributed by atoms with Gasteiger partial charge in [-0.15, -0.1) is 0 Å². The molecular formula is C17H19N3O3. The first-order valence-corrected chi connectivity index (χ1v) is 7.55. The van der Waals surface area contributed by atoms with Crippen LogP contribution in [0.25, 0.3) is 5.69 Å². The molecule has 1 saturated heterocycles. The third kappa shape index (κ3) is 2.98. The summed E-state index contributed by atoms with van der Waals surface area (Å²) >= 11 is 0. The first-order valence-electron chi connectivity index (χ1n) is 7.55. The molecule has 2 amide bonds. The van der Waals surface area contributed by atoms with E-state index in [-0.39, 0.29) is 18.7 Å². The van der Waals surface area contributed by atoms with Gasteiger partial charge in [0.15, 0.2) is 0 Å². The number of likely N-dealkylation sites (tertiary alicyclic amines) is 1. The van der Waals surface area contributed by atoms with Crippen LogP contribution in [0.3, 0.4) is 0 Å². The van der Waals surface area contributed by atoms with Gasteiger partial charge in [0.1, 0.15) is 5.60 Å². The highest BCUT2D eigenvalue weighted by Gasteiger charge is 2.38. The maximum absolute atomic E-state index is 12.6. The first-order chi connectivity index (χ1) is 11.0. The number of primary amides is 1. The lowest BCUT2D eigenvalue weighted by molar-refractivity contribution is -0.140. The third-order valence-electron chi connectivity index (χ3n) is 4.33. The molecule has 0 unspecified atom stereocenters. The molecule has 0 saturated carbocycles. The maximum atomic E-state index is 12.6. The molecule has 1 aromatic carbocycles. The van der Waals surface area contributed by atoms with Gasteiger partial charge in [-0.2, -0.15) is 0 Å². The highest BCUT2D eigenvalue weighted by atomic mass is 16.3. The fourth-order valence-electron chi connectivity index (χ4n) is 2.81. The molecular weight excluding hydrogens is 294 g/mol. The Balaban J connectivity index is 1.75. The largest absolute Gasteiger partial charge is 0.380 e. The number of benzene rings is 1. The molecule has 0 radical (unpaired) electrons. The van der Waals surface area contributed by atoms with E-state index in [9.17, 15) is 14.7 Å². The van der Waals surface area contributed by atoms with E-state index >= 15 is 0 Å². The Morgan fingerprint density at radius 2 is 1.74 bits per heavy atom. The van der Waals surface area contributed by atoms with Gasteiger partial charge >= 0.3 is 0 Å². The van der Waals surface area contributed by atoms with E-state index < -0.39 is 11.5 Å². The number of hydrogen-bond acceptors (Lipinski definition) is 3. The van der Waals surface area contributed by atoms with Gasteiger partial charge in [-0.05, 0) is 30.3 Å². The van der Waals surface area contributed by atoms with Crippen molar-refractivity contribution in [2.24, 2.45) is 5.73 Å². The van der Waals surface area contributed by atoms with E-state index in [2.05, 4.69) is 0 Å². The molecule has 1 fully saturated rings. The van der Waals surface area contributed by atoms with Gasteiger partial charge in [0.25, 0.3) is 5.91 Å². The second kappa shape index (κ2) is 5.89. The second-order valence-corrected chi connectivity index (χ2v) is 5.83. The van der Waals surface area contributed by atoms with E-state index in [1.54, 1.807) is 11.0 Å². The molecule has 120 valence electrons. The third-order valence-corrected chi connectivity index (χ3v) is 4.33. The second-order valence-electron chi connectivity index (χ2n) is 5.83. The van der Waals surface area contributed by atoms with Crippen LogP contribution in [0.5, 0.6) is 0 Å². The average molecular weight is 313 g/mol. The van der Waals surface area contributed by atoms with Crippen molar-refractivity contribution in [2.75, 3.05) is 13.1 Å². The number of nitrogens with two attached hydrogens (primary N) is 1. The van der Waals surface area contributed by atoms with Crippen molar-refractivity contribution in [3.63, 3.8) is 0 Å². The molecule has 1 aromatic heterocycles. The fraction of sp³-hybridized carbons (Fsp3) is 0.294. The Morgan fingerprint density at radius 3 is 2.35 bits per heavy atom. The van der Waals surface area contributed by atoms with Gasteiger partial charge in [-0.3, -0.25) is 9.59 Å². The Bertz CT molecular complexity index is 716. The van der Waals surface area contributed by atoms with Crippen molar-refractivity contribution >= 4 is 11.8 Å². The molecule has 1 aliphatic heterocycles. The number of carbonyl (C=O) groups is 2. The number of hydrogen-bond donors (Lipinski definition) is 2. The van der Waals surface area contributed by atoms with Crippen molar-refractivity contribution in [1.82, 2.24) is 9.47 Å². The van der Waals surface area contributed by atoms with E-state index in [0.29, 0.717) is 18.7 Å². The molecule has 6 heteroatoms. The predicted molar refractivity (Wildman–Crippen MR) is 85.1 cm³/mol. The molecule has 0 aliphatic carbocycles. The minimum absolute atomic E-state index is 0.106. The molecule has 0 atom stereocenters. The van der Waals surface area contributed by atoms with Crippen molar-refractivity contribution < 1.29 is 14.7 Å². The minimum atomic E-state index is -1.50. The monoisotopic (exact) mass is 313 g/mol. The van der Waals surface area contributed by atoms with E-state index in [1.807, 2.05) is 47.3 Å². The average Bonchev–Trinajstić information content (AvgIpc) is 3.09. The summed E-state index contributed by atoms with van der Waals surface area (Å²) in [5.41, 5.74) is 5.21. The normalized spacial score (nSPS) is 17.0. The molecule has 0 spiro atoms. The van der Waals surface area contributed by atoms with E-state index in [0.717, 1.165) is 5.69 Å². The molecule has 2 aromatic rings. The van der Waals surface area contributed by atoms with Crippen LogP contribution >= 0.6 is 0 Å². The number of rotatable bonds is 3. The molecule has 3 N–H and O–H groups in total. The van der Waals surface area contributed by atoms with E-state index in [1.165, 1.54) is 0 Å². The van der Waals surface area contributed by atoms with Crippen molar-refractivity contribution in [3.05, 3.63) is 54.4 Å². The number of carbonyl (C=O) groups excluding carboxylic acids is 2. The number of aliphatic hydroxyl groups is 1. The fourth-order valence-corrected chi connectivity index (χ4v) is 2.81. The summed E-state index contributed by atoms with van der Waals surface area (Å²) in [5, 5.41) is 10.1. The predicted octanol–water partition coefficient (Wildman–Crippen LogP) is 0.930. The minimum Gasteiger partial charge on any atom is -0.380 e. The lowest BCUT2D eigenvalue weighted by Crippen LogP contribution is -2.53. The van der Waals surface area contributed by atoms with Gasteiger partial charge in [0, 0.05) is 49.6 Å². The van der Waals surface area contributed by atoms with Crippen LogP contribution < -0.4 is 5.73 Å². The van der Waals surface area contributed by atoms with Gasteiger partial charge in [0.05, 0.1) is 0 Å². The quantitative estimate of drug-likeness (QED) is 0.883. The number of amides is 2. The smallest absolute Gasteiger partial charge is 0.253 e. The number of aromatic nitrogens is 1. The topological polar surface area (TPSA) is 88.6 Å². The number of nitrogens with zero attached hydrogens (tertiary/aromatic N) is 2. The Kier molecular flexibility index (Phi) is 3.92. The Labute approximate surface area is 134 Å². The lowest BCUT2D eigenvalue weighted by Gasteiger charge is -2.36. The molecule has 1 aliphatic rings. The van der Waals surface area contributed by atoms with Crippen LogP contribution in [-0.4, -0.2) is 45.1 Å². The molecule has 0 bridgehead atoms. The summed E-state index contributed by atoms with van der Waals surface area (Å²) in [4.78, 5) is 25.5. The van der Waals surface area contributed by atoms with Crippen LogP contribution in [0.15, 0.2) is 48.8 Å². The highest BCUT2D eigenvalue weighted by molar-refractivity contribution is 5.95. The standard InChI is InChI=1S/C17H19N3O3/c18-16(22)17(23)6-10-20(11-7-17)15(21)13-4-3-5-14(12-13)19-8-1-2-9-19/h1-5,8-9,12,23H,6-7,10-11H2,(H2,18,22). The molecule has 23 heavy (non-hydrogen) atoms. The molecule has 6 nitrogen and oxygen atoms in total. The number of piperidine rings is 1. The summed E-state index contributed by atoms with van der Waals surface area (Å²) in [7, 11) is 0. The molecule has 3 rings (SSSR count). The molecule has 2 heterocycles. The van der Waals surface area contributed by atoms with Crippen molar-refractivity contribution in [3.8, 4) is 5.69 Å². The van der Waals surface area contributed by atoms with Crippen LogP contribution in [-0.2, 0) is 4.79 Å². The first kappa shape index (κ1) is 15.3. The van der Waals surface area contributed by atoms with Gasteiger partial charge < -0.3 is 20.3 Å². The zero-order valence-electron chi connectivity index (χ0n) is 12.7. The SMILES string of the molecule is NC(=O)C1(O)CCN(C(=O)c2cccc(-n3cccc3)c2)CC1. The van der Waals surface area contributed by atoms with Gasteiger partial charge in [0.2, 0.25) is 5.91 Å². The van der Waals surface area contributed by atoms with Crippen molar-refractivity contribution in [2.45, 2.75) is 18.4 Å². The van der Waals surface area contributed by atoms with Gasteiger partial charge in [-0.1, -0.05) is 6.07 Å². The van der Waals surface area contributed by atoms with Crippen LogP contribution in [0.4, 0.5) is 0 Å². The zero-order chi connectivity index (χ0) is 16.4. The van der Waals surface area contributed by atoms with Crippen LogP contribution in [0.2, 0.25) is 0 Å². The van der Waals surface area contributed by atoms with Gasteiger partial charge in [-0.25, -0.2) is 0 Å². The summed E-state index contributed by atoms with van der Waals surface area (Å²) in [6, 6.07) is 11.2. The Hall–Kier alpha value is -2.60. The summed E-state index contributed by atoms with van der Waals surface area (Å²) in [6.45, 7) is 0.623. The van der Waals surface area contributed by atoms with E-state index in [4.69, 9.17) is 5.73 Å². The van der Waals surface area contributed by atoms with Crippen molar-refractivity contribution in [1.29, 1.82) is 0 Å². The summed E-state index contributed by atoms with van der Waals surface area (Å²) in [5.74, 6) is -0.829.